The SMILES string of the molecule is C(OCC(COCC1CO1)(COCC1CO1)COCC1CO1)C1CO1.C(OCC1CO1)C(COCC1CO1)OCC1CO1.CC(C)(COCC1CO1)COCC1CO1.CCC(COCC1CO1)(COCC1CO1)OCC1CO1.CCC(O)(COCC1CO1)COCC1CO1.OC(COCC1CO1)COCC1CO1. The Morgan fingerprint density at radius 1 is 0.269 bits per heavy atom. The van der Waals surface area contributed by atoms with Crippen molar-refractivity contribution in [3.05, 3.63) is 0 Å². The van der Waals surface area contributed by atoms with E-state index in [9.17, 15) is 10.2 Å². The molecule has 16 aliphatic heterocycles. The zero-order chi connectivity index (χ0) is 75.0. The third-order valence-corrected chi connectivity index (χ3v) is 18.4. The lowest BCUT2D eigenvalue weighted by molar-refractivity contribution is -0.142. The molecule has 0 aromatic rings. The zero-order valence-corrected chi connectivity index (χ0v) is 64.3. The van der Waals surface area contributed by atoms with E-state index in [4.69, 9.17) is 152 Å². The normalized spacial score (nSPS) is 32.7. The average Bonchev–Trinajstić information content (AvgIpc) is 1.80. The maximum Gasteiger partial charge on any atom is 0.114 e. The summed E-state index contributed by atoms with van der Waals surface area (Å²) in [5.41, 5.74) is -1.56. The molecule has 16 rings (SSSR count). The monoisotopic (exact) mass is 1560 g/mol. The molecular formula is C74H128O34. The van der Waals surface area contributed by atoms with Crippen LogP contribution in [0.25, 0.3) is 0 Å². The van der Waals surface area contributed by atoms with Crippen molar-refractivity contribution >= 4 is 0 Å². The van der Waals surface area contributed by atoms with Gasteiger partial charge in [-0.15, -0.1) is 0 Å². The maximum absolute atomic E-state index is 10.2. The second-order valence-electron chi connectivity index (χ2n) is 31.3. The molecule has 0 saturated carbocycles. The Labute approximate surface area is 636 Å². The van der Waals surface area contributed by atoms with Crippen molar-refractivity contribution in [3.8, 4) is 0 Å². The van der Waals surface area contributed by atoms with Gasteiger partial charge in [0.15, 0.2) is 0 Å². The van der Waals surface area contributed by atoms with Gasteiger partial charge in [-0.25, -0.2) is 0 Å². The molecule has 0 spiro atoms. The molecule has 34 nitrogen and oxygen atoms in total. The second-order valence-corrected chi connectivity index (χ2v) is 31.3. The minimum Gasteiger partial charge on any atom is -0.388 e. The molecule has 0 aromatic carbocycles. The van der Waals surface area contributed by atoms with E-state index in [1.54, 1.807) is 0 Å². The van der Waals surface area contributed by atoms with Crippen molar-refractivity contribution in [1.29, 1.82) is 0 Å². The molecule has 2 N–H and O–H groups in total. The first-order valence-electron chi connectivity index (χ1n) is 39.3. The van der Waals surface area contributed by atoms with Crippen LogP contribution < -0.4 is 0 Å². The van der Waals surface area contributed by atoms with Gasteiger partial charge in [0.1, 0.15) is 121 Å². The molecule has 0 bridgehead atoms. The van der Waals surface area contributed by atoms with Gasteiger partial charge < -0.3 is 162 Å². The fraction of sp³-hybridized carbons (Fsp3) is 1.00. The largest absolute Gasteiger partial charge is 0.388 e. The third kappa shape index (κ3) is 45.2. The van der Waals surface area contributed by atoms with Gasteiger partial charge in [0, 0.05) is 5.41 Å². The van der Waals surface area contributed by atoms with Gasteiger partial charge in [-0.1, -0.05) is 27.7 Å². The maximum atomic E-state index is 10.2. The Balaban J connectivity index is 0.000000130. The molecule has 16 atom stereocenters. The van der Waals surface area contributed by atoms with Crippen molar-refractivity contribution in [3.63, 3.8) is 0 Å². The number of hydrogen-bond acceptors (Lipinski definition) is 34. The average molecular weight is 1560 g/mol. The van der Waals surface area contributed by atoms with E-state index >= 15 is 0 Å². The number of rotatable bonds is 64. The summed E-state index contributed by atoms with van der Waals surface area (Å²) in [6, 6.07) is 0. The predicted octanol–water partition coefficient (Wildman–Crippen LogP) is -0.403. The van der Waals surface area contributed by atoms with Crippen molar-refractivity contribution in [2.45, 2.75) is 162 Å². The lowest BCUT2D eigenvalue weighted by Gasteiger charge is -2.32. The number of epoxide rings is 16. The van der Waals surface area contributed by atoms with Gasteiger partial charge in [-0.2, -0.15) is 0 Å². The molecular weight excluding hydrogens is 1430 g/mol. The molecule has 16 saturated heterocycles. The molecule has 0 aliphatic carbocycles. The van der Waals surface area contributed by atoms with Gasteiger partial charge in [0.2, 0.25) is 0 Å². The number of ether oxygens (including phenoxy) is 32. The summed E-state index contributed by atoms with van der Waals surface area (Å²) >= 11 is 0. The molecule has 16 heterocycles. The Morgan fingerprint density at radius 3 is 0.731 bits per heavy atom. The van der Waals surface area contributed by atoms with Gasteiger partial charge in [0.05, 0.1) is 309 Å². The first kappa shape index (κ1) is 87.5. The smallest absolute Gasteiger partial charge is 0.114 e. The Kier molecular flexibility index (Phi) is 38.2. The molecule has 0 radical (unpaired) electrons. The van der Waals surface area contributed by atoms with Gasteiger partial charge >= 0.3 is 0 Å². The highest BCUT2D eigenvalue weighted by molar-refractivity contribution is 4.86. The van der Waals surface area contributed by atoms with E-state index in [-0.39, 0.29) is 102 Å². The van der Waals surface area contributed by atoms with Crippen LogP contribution in [0.4, 0.5) is 0 Å². The van der Waals surface area contributed by atoms with Crippen molar-refractivity contribution in [2.75, 3.05) is 304 Å². The minimum absolute atomic E-state index is 0.0355. The zero-order valence-electron chi connectivity index (χ0n) is 64.3. The Hall–Kier alpha value is -1.36. The fourth-order valence-corrected chi connectivity index (χ4v) is 9.71. The van der Waals surface area contributed by atoms with Crippen molar-refractivity contribution < 1.29 is 162 Å². The van der Waals surface area contributed by atoms with E-state index in [2.05, 4.69) is 20.8 Å². The first-order chi connectivity index (χ1) is 52.7. The number of hydrogen-bond donors (Lipinski definition) is 2. The summed E-state index contributed by atoms with van der Waals surface area (Å²) < 4.78 is 172. The standard InChI is InChI=1S/C17H28O8.C14H24O6.C12H20O6.C11H20O5.C11H20O4.C9H16O5/c1(13-5-22-13)18-9-17(10-19-2-14-6-23-14,11-20-3-15-7-24-15)12-21-4-16-8-25-16;1-2-14(20-8-13-7-19-13,9-15-3-11-5-17-11)10-16-4-12-6-18-12;1(13-3-10-5-16-10)9(15-7-12-8-18-12)2-14-4-11-6-17-11;1-2-11(12,7-13-3-9-5-15-9)8-14-4-10-6-16-10;1-11(2,7-12-3-9-5-14-9)8-13-4-10-6-15-10;10-7(1-11-3-8-5-13-8)2-12-4-9-6-14-9/h13-16H,1-12H2;11-13H,2-10H2,1H3;9-12H,1-8H2;9-10,12H,2-8H2,1H3;9-10H,3-8H2,1-2H3;7-10H,1-6H2. The lowest BCUT2D eigenvalue weighted by Crippen LogP contribution is -2.44. The fourth-order valence-electron chi connectivity index (χ4n) is 9.71. The molecule has 0 amide bonds. The summed E-state index contributed by atoms with van der Waals surface area (Å²) in [4.78, 5) is 0. The molecule has 628 valence electrons. The summed E-state index contributed by atoms with van der Waals surface area (Å²) in [6.07, 6.45) is 5.15. The summed E-state index contributed by atoms with van der Waals surface area (Å²) in [5, 5.41) is 19.5. The highest BCUT2D eigenvalue weighted by atomic mass is 16.7. The Bertz CT molecular complexity index is 2160. The topological polar surface area (TPSA) is 389 Å². The van der Waals surface area contributed by atoms with Crippen LogP contribution in [-0.4, -0.2) is 435 Å². The summed E-state index contributed by atoms with van der Waals surface area (Å²) in [5.74, 6) is 0. The summed E-state index contributed by atoms with van der Waals surface area (Å²) in [7, 11) is 0. The molecule has 16 aliphatic rings. The highest BCUT2D eigenvalue weighted by Crippen LogP contribution is 2.28. The van der Waals surface area contributed by atoms with Crippen LogP contribution in [0.3, 0.4) is 0 Å². The van der Waals surface area contributed by atoms with E-state index < -0.39 is 17.3 Å². The predicted molar refractivity (Wildman–Crippen MR) is 373 cm³/mol. The first-order valence-corrected chi connectivity index (χ1v) is 39.3. The third-order valence-electron chi connectivity index (χ3n) is 18.4. The molecule has 16 fully saturated rings. The van der Waals surface area contributed by atoms with E-state index in [0.717, 1.165) is 139 Å². The number of aliphatic hydroxyl groups excluding tert-OH is 1. The van der Waals surface area contributed by atoms with Crippen LogP contribution in [-0.2, 0) is 152 Å². The van der Waals surface area contributed by atoms with Crippen LogP contribution >= 0.6 is 0 Å². The highest BCUT2D eigenvalue weighted by Gasteiger charge is 2.40. The number of aliphatic hydroxyl groups is 2. The minimum atomic E-state index is -0.885. The Morgan fingerprint density at radius 2 is 0.481 bits per heavy atom. The van der Waals surface area contributed by atoms with Gasteiger partial charge in [-0.05, 0) is 12.8 Å². The van der Waals surface area contributed by atoms with Gasteiger partial charge in [0.25, 0.3) is 0 Å². The molecule has 108 heavy (non-hydrogen) atoms. The van der Waals surface area contributed by atoms with E-state index in [0.29, 0.717) is 190 Å². The van der Waals surface area contributed by atoms with Crippen LogP contribution in [0.15, 0.2) is 0 Å². The lowest BCUT2D eigenvalue weighted by atomic mass is 9.92. The van der Waals surface area contributed by atoms with E-state index in [1.165, 1.54) is 0 Å². The summed E-state index contributed by atoms with van der Waals surface area (Å²) in [6.45, 7) is 37.9. The van der Waals surface area contributed by atoms with Crippen molar-refractivity contribution in [2.24, 2.45) is 10.8 Å². The van der Waals surface area contributed by atoms with Gasteiger partial charge in [-0.3, -0.25) is 0 Å². The van der Waals surface area contributed by atoms with Crippen LogP contribution in [0, 0.1) is 10.8 Å². The van der Waals surface area contributed by atoms with Crippen LogP contribution in [0.2, 0.25) is 0 Å². The quantitative estimate of drug-likeness (QED) is 0.0731. The molecule has 16 unspecified atom stereocenters. The van der Waals surface area contributed by atoms with Crippen molar-refractivity contribution in [1.82, 2.24) is 0 Å². The van der Waals surface area contributed by atoms with E-state index in [1.807, 2.05) is 6.92 Å². The second kappa shape index (κ2) is 47.1. The molecule has 34 heteroatoms. The molecule has 0 aromatic heterocycles. The van der Waals surface area contributed by atoms with Crippen LogP contribution in [0.1, 0.15) is 40.5 Å². The van der Waals surface area contributed by atoms with Crippen LogP contribution in [0.5, 0.6) is 0 Å².